The van der Waals surface area contributed by atoms with Crippen LogP contribution in [0.25, 0.3) is 0 Å². The minimum atomic E-state index is -0.683. The van der Waals surface area contributed by atoms with Gasteiger partial charge < -0.3 is 15.4 Å². The van der Waals surface area contributed by atoms with Gasteiger partial charge in [-0.25, -0.2) is 0 Å². The molecule has 0 saturated heterocycles. The van der Waals surface area contributed by atoms with Crippen LogP contribution in [0.5, 0.6) is 0 Å². The van der Waals surface area contributed by atoms with Crippen LogP contribution in [0.1, 0.15) is 32.6 Å². The molecule has 1 aromatic rings. The van der Waals surface area contributed by atoms with Gasteiger partial charge in [0, 0.05) is 11.1 Å². The van der Waals surface area contributed by atoms with Gasteiger partial charge in [0.1, 0.15) is 6.54 Å². The maximum absolute atomic E-state index is 11.8. The van der Waals surface area contributed by atoms with Gasteiger partial charge in [-0.1, -0.05) is 24.7 Å². The Morgan fingerprint density at radius 1 is 1.58 bits per heavy atom. The van der Waals surface area contributed by atoms with E-state index in [0.717, 1.165) is 19.3 Å². The third-order valence-corrected chi connectivity index (χ3v) is 3.45. The summed E-state index contributed by atoms with van der Waals surface area (Å²) in [5.41, 5.74) is 0. The van der Waals surface area contributed by atoms with Crippen LogP contribution in [-0.4, -0.2) is 31.6 Å². The van der Waals surface area contributed by atoms with Gasteiger partial charge in [0.05, 0.1) is 0 Å². The highest BCUT2D eigenvalue weighted by atomic mass is 16.6. The highest BCUT2D eigenvalue weighted by molar-refractivity contribution is 5.75. The summed E-state index contributed by atoms with van der Waals surface area (Å²) in [7, 11) is 0. The third-order valence-electron chi connectivity index (χ3n) is 3.45. The number of rotatable bonds is 4. The van der Waals surface area contributed by atoms with Crippen LogP contribution >= 0.6 is 0 Å². The molecule has 2 atom stereocenters. The van der Waals surface area contributed by atoms with Gasteiger partial charge in [0.25, 0.3) is 0 Å². The summed E-state index contributed by atoms with van der Waals surface area (Å²) in [5, 5.41) is 17.0. The smallest absolute Gasteiger partial charge is 0.390 e. The Hall–Kier alpha value is -1.99. The lowest BCUT2D eigenvalue weighted by Gasteiger charge is -2.29. The molecule has 1 amide bonds. The maximum Gasteiger partial charge on any atom is 0.490 e. The summed E-state index contributed by atoms with van der Waals surface area (Å²) in [4.78, 5) is 25.1. The fourth-order valence-corrected chi connectivity index (χ4v) is 2.37. The second-order valence-electron chi connectivity index (χ2n) is 4.94. The third kappa shape index (κ3) is 3.49. The first kappa shape index (κ1) is 13.4. The molecule has 0 radical (unpaired) electrons. The molecule has 0 aromatic carbocycles. The van der Waals surface area contributed by atoms with E-state index in [0.29, 0.717) is 5.92 Å². The summed E-state index contributed by atoms with van der Waals surface area (Å²) in [5.74, 6) is -0.194. The second-order valence-corrected chi connectivity index (χ2v) is 4.94. The molecule has 1 aliphatic rings. The molecule has 1 heterocycles. The summed E-state index contributed by atoms with van der Waals surface area (Å²) in [6, 6.07) is 0.194. The molecule has 104 valence electrons. The van der Waals surface area contributed by atoms with Crippen LogP contribution in [0.15, 0.2) is 6.33 Å². The van der Waals surface area contributed by atoms with Gasteiger partial charge >= 0.3 is 5.95 Å². The van der Waals surface area contributed by atoms with Gasteiger partial charge in [-0.15, -0.1) is 0 Å². The Balaban J connectivity index is 1.87. The van der Waals surface area contributed by atoms with Crippen LogP contribution in [0.4, 0.5) is 5.95 Å². The second kappa shape index (κ2) is 5.77. The zero-order valence-electron chi connectivity index (χ0n) is 10.8. The summed E-state index contributed by atoms with van der Waals surface area (Å²) in [6.07, 6.45) is 5.65. The first-order chi connectivity index (χ1) is 9.06. The number of nitro groups is 1. The molecule has 0 aliphatic heterocycles. The molecule has 1 aliphatic carbocycles. The molecule has 1 N–H and O–H groups in total. The average Bonchev–Trinajstić information content (AvgIpc) is 2.80. The normalized spacial score (nSPS) is 23.0. The minimum Gasteiger partial charge on any atom is -0.390 e. The molecular formula is C11H17N5O3. The van der Waals surface area contributed by atoms with Gasteiger partial charge in [0.15, 0.2) is 0 Å². The number of nitrogens with one attached hydrogen (secondary N) is 1. The van der Waals surface area contributed by atoms with Crippen molar-refractivity contribution in [2.45, 2.75) is 45.2 Å². The predicted molar refractivity (Wildman–Crippen MR) is 66.2 cm³/mol. The average molecular weight is 267 g/mol. The Labute approximate surface area is 110 Å². The highest BCUT2D eigenvalue weighted by Crippen LogP contribution is 2.23. The fourth-order valence-electron chi connectivity index (χ4n) is 2.37. The molecule has 0 bridgehead atoms. The Kier molecular flexibility index (Phi) is 4.08. The van der Waals surface area contributed by atoms with Crippen molar-refractivity contribution in [3.8, 4) is 0 Å². The highest BCUT2D eigenvalue weighted by Gasteiger charge is 2.23. The molecule has 2 rings (SSSR count). The molecular weight excluding hydrogens is 250 g/mol. The van der Waals surface area contributed by atoms with E-state index >= 15 is 0 Å². The predicted octanol–water partition coefficient (Wildman–Crippen LogP) is 0.881. The topological polar surface area (TPSA) is 103 Å². The molecule has 8 nitrogen and oxygen atoms in total. The summed E-state index contributed by atoms with van der Waals surface area (Å²) < 4.78 is 1.18. The Morgan fingerprint density at radius 3 is 2.95 bits per heavy atom. The Bertz CT molecular complexity index is 473. The van der Waals surface area contributed by atoms with Gasteiger partial charge in [-0.2, -0.15) is 4.68 Å². The van der Waals surface area contributed by atoms with Gasteiger partial charge in [0.2, 0.25) is 12.2 Å². The van der Waals surface area contributed by atoms with E-state index in [1.54, 1.807) is 0 Å². The van der Waals surface area contributed by atoms with E-state index in [9.17, 15) is 14.9 Å². The minimum absolute atomic E-state index is 0.0376. The molecule has 1 aromatic heterocycles. The lowest BCUT2D eigenvalue weighted by molar-refractivity contribution is -0.394. The van der Waals surface area contributed by atoms with Crippen molar-refractivity contribution in [2.24, 2.45) is 5.92 Å². The van der Waals surface area contributed by atoms with E-state index in [2.05, 4.69) is 22.3 Å². The number of nitrogens with zero attached hydrogens (tertiary/aromatic N) is 4. The van der Waals surface area contributed by atoms with Crippen molar-refractivity contribution in [1.82, 2.24) is 20.1 Å². The molecule has 2 unspecified atom stereocenters. The monoisotopic (exact) mass is 267 g/mol. The fraction of sp³-hybridized carbons (Fsp3) is 0.727. The molecule has 1 saturated carbocycles. The van der Waals surface area contributed by atoms with Crippen molar-refractivity contribution in [1.29, 1.82) is 0 Å². The van der Waals surface area contributed by atoms with E-state index in [-0.39, 0.29) is 18.5 Å². The molecule has 0 spiro atoms. The SMILES string of the molecule is CC1CCCCC1NC(=O)Cn1cnc([N+](=O)[O-])n1. The van der Waals surface area contributed by atoms with Gasteiger partial charge in [-0.05, 0) is 23.7 Å². The quantitative estimate of drug-likeness (QED) is 0.644. The van der Waals surface area contributed by atoms with Crippen LogP contribution in [-0.2, 0) is 11.3 Å². The number of carbonyl (C=O) groups excluding carboxylic acids is 1. The van der Waals surface area contributed by atoms with Crippen molar-refractivity contribution >= 4 is 11.9 Å². The summed E-state index contributed by atoms with van der Waals surface area (Å²) >= 11 is 0. The van der Waals surface area contributed by atoms with Gasteiger partial charge in [-0.3, -0.25) is 4.79 Å². The van der Waals surface area contributed by atoms with Crippen LogP contribution in [0, 0.1) is 16.0 Å². The van der Waals surface area contributed by atoms with E-state index in [4.69, 9.17) is 0 Å². The van der Waals surface area contributed by atoms with Crippen molar-refractivity contribution in [2.75, 3.05) is 0 Å². The zero-order valence-corrected chi connectivity index (χ0v) is 10.8. The number of carbonyl (C=O) groups is 1. The van der Waals surface area contributed by atoms with Crippen molar-refractivity contribution in [3.05, 3.63) is 16.4 Å². The van der Waals surface area contributed by atoms with Crippen molar-refractivity contribution in [3.63, 3.8) is 0 Å². The molecule has 1 fully saturated rings. The largest absolute Gasteiger partial charge is 0.490 e. The molecule has 8 heteroatoms. The van der Waals surface area contributed by atoms with E-state index in [1.807, 2.05) is 0 Å². The number of aromatic nitrogens is 3. The number of amides is 1. The van der Waals surface area contributed by atoms with Crippen molar-refractivity contribution < 1.29 is 9.72 Å². The maximum atomic E-state index is 11.8. The van der Waals surface area contributed by atoms with Crippen LogP contribution in [0.3, 0.4) is 0 Å². The first-order valence-corrected chi connectivity index (χ1v) is 6.39. The zero-order chi connectivity index (χ0) is 13.8. The number of hydrogen-bond acceptors (Lipinski definition) is 5. The van der Waals surface area contributed by atoms with Crippen LogP contribution in [0.2, 0.25) is 0 Å². The lowest BCUT2D eigenvalue weighted by atomic mass is 9.86. The molecule has 19 heavy (non-hydrogen) atoms. The van der Waals surface area contributed by atoms with E-state index < -0.39 is 10.9 Å². The first-order valence-electron chi connectivity index (χ1n) is 6.39. The summed E-state index contributed by atoms with van der Waals surface area (Å²) in [6.45, 7) is 2.09. The Morgan fingerprint density at radius 2 is 2.32 bits per heavy atom. The standard InChI is InChI=1S/C11H17N5O3/c1-8-4-2-3-5-9(8)13-10(17)6-15-7-12-11(14-15)16(18)19/h7-9H,2-6H2,1H3,(H,13,17). The number of hydrogen-bond donors (Lipinski definition) is 1. The van der Waals surface area contributed by atoms with E-state index in [1.165, 1.54) is 17.4 Å². The lowest BCUT2D eigenvalue weighted by Crippen LogP contribution is -2.42. The van der Waals surface area contributed by atoms with Crippen LogP contribution < -0.4 is 5.32 Å².